The van der Waals surface area contributed by atoms with E-state index in [1.165, 1.54) is 23.8 Å². The molecule has 0 saturated heterocycles. The van der Waals surface area contributed by atoms with Crippen LogP contribution in [0.3, 0.4) is 0 Å². The van der Waals surface area contributed by atoms with Crippen molar-refractivity contribution in [3.05, 3.63) is 70.2 Å². The third-order valence-electron chi connectivity index (χ3n) is 4.36. The van der Waals surface area contributed by atoms with E-state index in [0.29, 0.717) is 5.69 Å². The van der Waals surface area contributed by atoms with Crippen LogP contribution < -0.4 is 10.9 Å². The Morgan fingerprint density at radius 3 is 2.43 bits per heavy atom. The highest BCUT2D eigenvalue weighted by atomic mass is 35.5. The Morgan fingerprint density at radius 1 is 1.14 bits per heavy atom. The molecule has 0 saturated carbocycles. The fourth-order valence-electron chi connectivity index (χ4n) is 2.78. The van der Waals surface area contributed by atoms with E-state index in [1.54, 1.807) is 6.92 Å². The molecule has 0 atom stereocenters. The van der Waals surface area contributed by atoms with Crippen molar-refractivity contribution >= 4 is 23.2 Å². The Bertz CT molecular complexity index is 987. The molecule has 2 aromatic carbocycles. The average molecular weight is 402 g/mol. The molecule has 0 aliphatic heterocycles. The first kappa shape index (κ1) is 19.9. The Balaban J connectivity index is 1.82. The van der Waals surface area contributed by atoms with Gasteiger partial charge in [-0.3, -0.25) is 15.6 Å². The highest BCUT2D eigenvalue weighted by Crippen LogP contribution is 2.33. The van der Waals surface area contributed by atoms with Gasteiger partial charge in [0.1, 0.15) is 22.8 Å². The van der Waals surface area contributed by atoms with Crippen LogP contribution in [-0.2, 0) is 5.41 Å². The summed E-state index contributed by atoms with van der Waals surface area (Å²) in [5.41, 5.74) is 7.57. The minimum Gasteiger partial charge on any atom is -0.360 e. The summed E-state index contributed by atoms with van der Waals surface area (Å²) in [6, 6.07) is 12.0. The summed E-state index contributed by atoms with van der Waals surface area (Å²) >= 11 is 6.11. The number of hydrogen-bond donors (Lipinski definition) is 2. The van der Waals surface area contributed by atoms with E-state index in [4.69, 9.17) is 16.1 Å². The van der Waals surface area contributed by atoms with Gasteiger partial charge < -0.3 is 4.52 Å². The molecule has 0 bridgehead atoms. The van der Waals surface area contributed by atoms with Gasteiger partial charge in [-0.1, -0.05) is 55.7 Å². The lowest BCUT2D eigenvalue weighted by Gasteiger charge is -2.19. The van der Waals surface area contributed by atoms with Crippen molar-refractivity contribution in [2.75, 3.05) is 5.43 Å². The van der Waals surface area contributed by atoms with E-state index >= 15 is 0 Å². The van der Waals surface area contributed by atoms with E-state index in [1.807, 2.05) is 24.3 Å². The zero-order chi connectivity index (χ0) is 20.5. The highest BCUT2D eigenvalue weighted by molar-refractivity contribution is 6.33. The molecule has 0 spiro atoms. The molecule has 1 heterocycles. The van der Waals surface area contributed by atoms with Crippen molar-refractivity contribution in [3.8, 4) is 11.3 Å². The van der Waals surface area contributed by atoms with Gasteiger partial charge in [0.2, 0.25) is 0 Å². The second-order valence-corrected chi connectivity index (χ2v) is 7.87. The molecule has 1 amide bonds. The average Bonchev–Trinajstić information content (AvgIpc) is 3.00. The molecule has 2 N–H and O–H groups in total. The van der Waals surface area contributed by atoms with E-state index in [0.717, 1.165) is 0 Å². The molecule has 3 rings (SSSR count). The maximum absolute atomic E-state index is 14.3. The van der Waals surface area contributed by atoms with E-state index in [-0.39, 0.29) is 33.0 Å². The van der Waals surface area contributed by atoms with Crippen LogP contribution in [0.25, 0.3) is 11.3 Å². The smallest absolute Gasteiger partial charge is 0.275 e. The van der Waals surface area contributed by atoms with Crippen molar-refractivity contribution < 1.29 is 13.7 Å². The predicted octanol–water partition coefficient (Wildman–Crippen LogP) is 5.50. The Kier molecular flexibility index (Phi) is 5.42. The Labute approximate surface area is 167 Å². The number of carbonyl (C=O) groups is 1. The SMILES string of the molecule is Cc1onc(-c2c(F)cccc2Cl)c1C(=O)NNc1ccc(C(C)(C)C)cc1. The molecular weight excluding hydrogens is 381 g/mol. The number of hydrazine groups is 1. The van der Waals surface area contributed by atoms with Gasteiger partial charge in [-0.05, 0) is 42.2 Å². The van der Waals surface area contributed by atoms with Crippen LogP contribution >= 0.6 is 11.6 Å². The summed E-state index contributed by atoms with van der Waals surface area (Å²) in [7, 11) is 0. The summed E-state index contributed by atoms with van der Waals surface area (Å²) in [5, 5.41) is 3.98. The third-order valence-corrected chi connectivity index (χ3v) is 4.68. The largest absolute Gasteiger partial charge is 0.360 e. The maximum Gasteiger partial charge on any atom is 0.275 e. The van der Waals surface area contributed by atoms with Crippen LogP contribution in [0.1, 0.15) is 42.5 Å². The zero-order valence-corrected chi connectivity index (χ0v) is 16.8. The molecule has 0 radical (unpaired) electrons. The number of amides is 1. The predicted molar refractivity (Wildman–Crippen MR) is 108 cm³/mol. The van der Waals surface area contributed by atoms with Gasteiger partial charge in [0.25, 0.3) is 5.91 Å². The third kappa shape index (κ3) is 4.02. The quantitative estimate of drug-likeness (QED) is 0.566. The molecule has 0 unspecified atom stereocenters. The summed E-state index contributed by atoms with van der Waals surface area (Å²) in [4.78, 5) is 12.7. The van der Waals surface area contributed by atoms with Crippen molar-refractivity contribution in [3.63, 3.8) is 0 Å². The molecule has 3 aromatic rings. The van der Waals surface area contributed by atoms with Gasteiger partial charge in [-0.2, -0.15) is 0 Å². The van der Waals surface area contributed by atoms with E-state index in [2.05, 4.69) is 36.8 Å². The number of nitrogens with one attached hydrogen (secondary N) is 2. The minimum absolute atomic E-state index is 0.0284. The molecule has 5 nitrogen and oxygen atoms in total. The number of hydrogen-bond acceptors (Lipinski definition) is 4. The Hall–Kier alpha value is -2.86. The zero-order valence-electron chi connectivity index (χ0n) is 16.1. The van der Waals surface area contributed by atoms with E-state index in [9.17, 15) is 9.18 Å². The molecule has 0 fully saturated rings. The van der Waals surface area contributed by atoms with Gasteiger partial charge in [0.15, 0.2) is 0 Å². The molecule has 146 valence electrons. The lowest BCUT2D eigenvalue weighted by Crippen LogP contribution is -2.30. The van der Waals surface area contributed by atoms with Gasteiger partial charge in [-0.15, -0.1) is 0 Å². The van der Waals surface area contributed by atoms with Gasteiger partial charge in [0.05, 0.1) is 16.3 Å². The molecule has 1 aromatic heterocycles. The van der Waals surface area contributed by atoms with Crippen LogP contribution in [0, 0.1) is 12.7 Å². The maximum atomic E-state index is 14.3. The number of aromatic nitrogens is 1. The molecular formula is C21H21ClFN3O2. The van der Waals surface area contributed by atoms with Crippen molar-refractivity contribution in [2.24, 2.45) is 0 Å². The van der Waals surface area contributed by atoms with E-state index < -0.39 is 11.7 Å². The fourth-order valence-corrected chi connectivity index (χ4v) is 3.03. The van der Waals surface area contributed by atoms with Gasteiger partial charge >= 0.3 is 0 Å². The fraction of sp³-hybridized carbons (Fsp3) is 0.238. The first-order chi connectivity index (χ1) is 13.2. The van der Waals surface area contributed by atoms with Crippen molar-refractivity contribution in [1.82, 2.24) is 10.6 Å². The minimum atomic E-state index is -0.583. The lowest BCUT2D eigenvalue weighted by atomic mass is 9.87. The first-order valence-corrected chi connectivity index (χ1v) is 9.14. The standard InChI is InChI=1S/C21H21ClFN3O2/c1-12-17(19(26-28-12)18-15(22)6-5-7-16(18)23)20(27)25-24-14-10-8-13(9-11-14)21(2,3)4/h5-11,24H,1-4H3,(H,25,27). The van der Waals surface area contributed by atoms with Gasteiger partial charge in [-0.25, -0.2) is 4.39 Å². The van der Waals surface area contributed by atoms with Gasteiger partial charge in [0, 0.05) is 0 Å². The summed E-state index contributed by atoms with van der Waals surface area (Å²) in [6.07, 6.45) is 0. The molecule has 28 heavy (non-hydrogen) atoms. The highest BCUT2D eigenvalue weighted by Gasteiger charge is 2.25. The normalized spacial score (nSPS) is 11.4. The number of halogens is 2. The van der Waals surface area contributed by atoms with Crippen LogP contribution in [0.4, 0.5) is 10.1 Å². The van der Waals surface area contributed by atoms with Crippen molar-refractivity contribution in [2.45, 2.75) is 33.1 Å². The number of aryl methyl sites for hydroxylation is 1. The molecule has 0 aliphatic carbocycles. The number of rotatable bonds is 4. The number of nitrogens with zero attached hydrogens (tertiary/aromatic N) is 1. The lowest BCUT2D eigenvalue weighted by molar-refractivity contribution is 0.0961. The summed E-state index contributed by atoms with van der Waals surface area (Å²) < 4.78 is 19.4. The topological polar surface area (TPSA) is 67.2 Å². The molecule has 0 aliphatic rings. The summed E-state index contributed by atoms with van der Waals surface area (Å²) in [6.45, 7) is 7.96. The number of benzene rings is 2. The monoisotopic (exact) mass is 401 g/mol. The van der Waals surface area contributed by atoms with Crippen LogP contribution in [-0.4, -0.2) is 11.1 Å². The number of carbonyl (C=O) groups excluding carboxylic acids is 1. The Morgan fingerprint density at radius 2 is 1.82 bits per heavy atom. The first-order valence-electron chi connectivity index (χ1n) is 8.76. The van der Waals surface area contributed by atoms with Crippen LogP contribution in [0.2, 0.25) is 5.02 Å². The second kappa shape index (κ2) is 7.64. The number of anilines is 1. The molecule has 7 heteroatoms. The van der Waals surface area contributed by atoms with Crippen molar-refractivity contribution in [1.29, 1.82) is 0 Å². The second-order valence-electron chi connectivity index (χ2n) is 7.47. The van der Waals surface area contributed by atoms with Crippen LogP contribution in [0.15, 0.2) is 47.0 Å². The van der Waals surface area contributed by atoms with Crippen LogP contribution in [0.5, 0.6) is 0 Å². The summed E-state index contributed by atoms with van der Waals surface area (Å²) in [5.74, 6) is -0.828.